The van der Waals surface area contributed by atoms with Crippen molar-refractivity contribution in [3.05, 3.63) is 29.8 Å². The Labute approximate surface area is 121 Å². The van der Waals surface area contributed by atoms with Crippen LogP contribution in [0.5, 0.6) is 5.75 Å². The van der Waals surface area contributed by atoms with E-state index in [0.29, 0.717) is 6.04 Å². The lowest BCUT2D eigenvalue weighted by Gasteiger charge is -2.25. The molecule has 2 rings (SSSR count). The molecule has 0 saturated heterocycles. The number of ether oxygens (including phenoxy) is 1. The largest absolute Gasteiger partial charge is 0.497 e. The Bertz CT molecular complexity index is 449. The number of nitrogens with one attached hydrogen (secondary N) is 1. The molecule has 0 aliphatic heterocycles. The molecule has 20 heavy (non-hydrogen) atoms. The molecule has 1 N–H and O–H groups in total. The van der Waals surface area contributed by atoms with E-state index in [9.17, 15) is 5.26 Å². The lowest BCUT2D eigenvalue weighted by molar-refractivity contribution is 0.361. The number of nitriles is 1. The van der Waals surface area contributed by atoms with Crippen molar-refractivity contribution in [2.45, 2.75) is 51.1 Å². The summed E-state index contributed by atoms with van der Waals surface area (Å²) < 4.78 is 5.19. The number of methoxy groups -OCH3 is 1. The lowest BCUT2D eigenvalue weighted by Crippen LogP contribution is -2.36. The Kier molecular flexibility index (Phi) is 5.43. The van der Waals surface area contributed by atoms with Crippen LogP contribution in [0.4, 0.5) is 0 Å². The summed E-state index contributed by atoms with van der Waals surface area (Å²) in [5.74, 6) is 1.03. The fraction of sp³-hybridized carbons (Fsp3) is 0.588. The van der Waals surface area contributed by atoms with Gasteiger partial charge in [0.1, 0.15) is 5.75 Å². The predicted molar refractivity (Wildman–Crippen MR) is 80.5 cm³/mol. The molecule has 0 spiro atoms. The minimum absolute atomic E-state index is 0.151. The highest BCUT2D eigenvalue weighted by Gasteiger charge is 2.24. The first-order valence-electron chi connectivity index (χ1n) is 7.54. The quantitative estimate of drug-likeness (QED) is 0.847. The molecular weight excluding hydrogens is 248 g/mol. The van der Waals surface area contributed by atoms with Crippen LogP contribution in [0.15, 0.2) is 24.3 Å². The second-order valence-corrected chi connectivity index (χ2v) is 5.64. The maximum absolute atomic E-state index is 9.33. The van der Waals surface area contributed by atoms with Gasteiger partial charge in [-0.1, -0.05) is 31.4 Å². The average molecular weight is 272 g/mol. The van der Waals surface area contributed by atoms with Gasteiger partial charge < -0.3 is 10.1 Å². The minimum atomic E-state index is 0.151. The molecule has 1 saturated carbocycles. The molecule has 3 atom stereocenters. The zero-order valence-corrected chi connectivity index (χ0v) is 12.4. The van der Waals surface area contributed by atoms with Crippen LogP contribution in [0.1, 0.15) is 50.6 Å². The van der Waals surface area contributed by atoms with Gasteiger partial charge in [0.25, 0.3) is 0 Å². The first-order chi connectivity index (χ1) is 9.74. The SMILES string of the molecule is COc1ccc(C(C)NC2CCCCCC2C#N)cc1. The van der Waals surface area contributed by atoms with E-state index in [4.69, 9.17) is 4.74 Å². The Morgan fingerprint density at radius 3 is 2.55 bits per heavy atom. The number of hydrogen-bond acceptors (Lipinski definition) is 3. The van der Waals surface area contributed by atoms with Crippen LogP contribution in [-0.2, 0) is 0 Å². The monoisotopic (exact) mass is 272 g/mol. The normalized spacial score (nSPS) is 24.4. The van der Waals surface area contributed by atoms with Crippen LogP contribution in [0, 0.1) is 17.2 Å². The van der Waals surface area contributed by atoms with Crippen LogP contribution < -0.4 is 10.1 Å². The molecule has 0 radical (unpaired) electrons. The van der Waals surface area contributed by atoms with Crippen LogP contribution >= 0.6 is 0 Å². The number of nitrogens with zero attached hydrogens (tertiary/aromatic N) is 1. The van der Waals surface area contributed by atoms with Gasteiger partial charge in [-0.15, -0.1) is 0 Å². The Morgan fingerprint density at radius 2 is 1.90 bits per heavy atom. The molecule has 0 amide bonds. The fourth-order valence-corrected chi connectivity index (χ4v) is 2.97. The number of benzene rings is 1. The molecule has 3 heteroatoms. The Hall–Kier alpha value is -1.53. The van der Waals surface area contributed by atoms with Gasteiger partial charge in [-0.05, 0) is 37.5 Å². The van der Waals surface area contributed by atoms with Gasteiger partial charge in [0, 0.05) is 12.1 Å². The standard InChI is InChI=1S/C17H24N2O/c1-13(14-8-10-16(20-2)11-9-14)19-17-7-5-3-4-6-15(17)12-18/h8-11,13,15,17,19H,3-7H2,1-2H3. The predicted octanol–water partition coefficient (Wildman–Crippen LogP) is 3.82. The van der Waals surface area contributed by atoms with Gasteiger partial charge in [-0.25, -0.2) is 0 Å². The molecule has 108 valence electrons. The third-order valence-corrected chi connectivity index (χ3v) is 4.26. The maximum Gasteiger partial charge on any atom is 0.118 e. The van der Waals surface area contributed by atoms with Gasteiger partial charge in [0.15, 0.2) is 0 Å². The topological polar surface area (TPSA) is 45.0 Å². The molecule has 0 aromatic heterocycles. The van der Waals surface area contributed by atoms with Crippen molar-refractivity contribution in [3.63, 3.8) is 0 Å². The molecule has 0 heterocycles. The van der Waals surface area contributed by atoms with Gasteiger partial charge >= 0.3 is 0 Å². The molecule has 1 aliphatic carbocycles. The zero-order chi connectivity index (χ0) is 14.4. The molecule has 1 aromatic rings. The zero-order valence-electron chi connectivity index (χ0n) is 12.4. The first kappa shape index (κ1) is 14.9. The highest BCUT2D eigenvalue weighted by atomic mass is 16.5. The van der Waals surface area contributed by atoms with E-state index in [0.717, 1.165) is 18.6 Å². The van der Waals surface area contributed by atoms with E-state index in [1.165, 1.54) is 24.8 Å². The molecule has 1 aliphatic rings. The van der Waals surface area contributed by atoms with E-state index in [1.54, 1.807) is 7.11 Å². The van der Waals surface area contributed by atoms with E-state index < -0.39 is 0 Å². The van der Waals surface area contributed by atoms with Crippen molar-refractivity contribution in [1.29, 1.82) is 5.26 Å². The van der Waals surface area contributed by atoms with Crippen molar-refractivity contribution in [1.82, 2.24) is 5.32 Å². The molecule has 1 aromatic carbocycles. The summed E-state index contributed by atoms with van der Waals surface area (Å²) in [6.45, 7) is 2.17. The van der Waals surface area contributed by atoms with Gasteiger partial charge in [0.05, 0.1) is 19.1 Å². The van der Waals surface area contributed by atoms with E-state index >= 15 is 0 Å². The molecule has 3 nitrogen and oxygen atoms in total. The summed E-state index contributed by atoms with van der Waals surface area (Å²) in [7, 11) is 1.68. The maximum atomic E-state index is 9.33. The second-order valence-electron chi connectivity index (χ2n) is 5.64. The number of hydrogen-bond donors (Lipinski definition) is 1. The van der Waals surface area contributed by atoms with E-state index in [1.807, 2.05) is 12.1 Å². The lowest BCUT2D eigenvalue weighted by atomic mass is 9.94. The summed E-state index contributed by atoms with van der Waals surface area (Å²) in [4.78, 5) is 0. The van der Waals surface area contributed by atoms with Gasteiger partial charge in [-0.3, -0.25) is 0 Å². The van der Waals surface area contributed by atoms with E-state index in [2.05, 4.69) is 30.4 Å². The first-order valence-corrected chi connectivity index (χ1v) is 7.54. The summed E-state index contributed by atoms with van der Waals surface area (Å²) in [5.41, 5.74) is 1.24. The molecule has 0 bridgehead atoms. The highest BCUT2D eigenvalue weighted by Crippen LogP contribution is 2.26. The Balaban J connectivity index is 2.01. The third-order valence-electron chi connectivity index (χ3n) is 4.26. The Morgan fingerprint density at radius 1 is 1.20 bits per heavy atom. The van der Waals surface area contributed by atoms with Crippen LogP contribution in [0.2, 0.25) is 0 Å². The third kappa shape index (κ3) is 3.74. The summed E-state index contributed by atoms with van der Waals surface area (Å²) >= 11 is 0. The average Bonchev–Trinajstić information content (AvgIpc) is 2.72. The summed E-state index contributed by atoms with van der Waals surface area (Å²) in [6, 6.07) is 11.2. The summed E-state index contributed by atoms with van der Waals surface area (Å²) in [5, 5.41) is 13.0. The smallest absolute Gasteiger partial charge is 0.118 e. The van der Waals surface area contributed by atoms with Crippen LogP contribution in [0.3, 0.4) is 0 Å². The summed E-state index contributed by atoms with van der Waals surface area (Å²) in [6.07, 6.45) is 5.81. The van der Waals surface area contributed by atoms with Gasteiger partial charge in [-0.2, -0.15) is 5.26 Å². The fourth-order valence-electron chi connectivity index (χ4n) is 2.97. The van der Waals surface area contributed by atoms with Gasteiger partial charge in [0.2, 0.25) is 0 Å². The molecule has 3 unspecified atom stereocenters. The number of rotatable bonds is 4. The van der Waals surface area contributed by atoms with Crippen molar-refractivity contribution in [2.24, 2.45) is 5.92 Å². The second kappa shape index (κ2) is 7.31. The van der Waals surface area contributed by atoms with E-state index in [-0.39, 0.29) is 12.0 Å². The van der Waals surface area contributed by atoms with Crippen LogP contribution in [0.25, 0.3) is 0 Å². The minimum Gasteiger partial charge on any atom is -0.497 e. The van der Waals surface area contributed by atoms with Crippen molar-refractivity contribution in [2.75, 3.05) is 7.11 Å². The van der Waals surface area contributed by atoms with Crippen molar-refractivity contribution < 1.29 is 4.74 Å². The van der Waals surface area contributed by atoms with Crippen molar-refractivity contribution >= 4 is 0 Å². The highest BCUT2D eigenvalue weighted by molar-refractivity contribution is 5.28. The van der Waals surface area contributed by atoms with Crippen LogP contribution in [-0.4, -0.2) is 13.2 Å². The molecular formula is C17H24N2O. The van der Waals surface area contributed by atoms with Crippen molar-refractivity contribution in [3.8, 4) is 11.8 Å². The molecule has 1 fully saturated rings.